The van der Waals surface area contributed by atoms with Crippen LogP contribution >= 0.6 is 0 Å². The average molecular weight is 280 g/mol. The third-order valence-electron chi connectivity index (χ3n) is 3.84. The van der Waals surface area contributed by atoms with Gasteiger partial charge in [0, 0.05) is 36.6 Å². The molecule has 0 aliphatic carbocycles. The molecule has 1 N–H and O–H groups in total. The number of nitrogens with one attached hydrogen (secondary N) is 1. The maximum absolute atomic E-state index is 12.5. The Morgan fingerprint density at radius 1 is 1.35 bits per heavy atom. The van der Waals surface area contributed by atoms with Crippen molar-refractivity contribution in [2.24, 2.45) is 0 Å². The lowest BCUT2D eigenvalue weighted by Gasteiger charge is -2.29. The van der Waals surface area contributed by atoms with Gasteiger partial charge in [-0.1, -0.05) is 13.8 Å². The van der Waals surface area contributed by atoms with Crippen molar-refractivity contribution in [3.63, 3.8) is 0 Å². The largest absolute Gasteiger partial charge is 0.383 e. The molecule has 1 aromatic rings. The molecule has 4 heteroatoms. The third-order valence-corrected chi connectivity index (χ3v) is 3.84. The summed E-state index contributed by atoms with van der Waals surface area (Å²) >= 11 is 0. The summed E-state index contributed by atoms with van der Waals surface area (Å²) in [6, 6.07) is 2.38. The Morgan fingerprint density at radius 2 is 2.00 bits per heavy atom. The number of aromatic nitrogens is 1. The molecule has 0 saturated carbocycles. The highest BCUT2D eigenvalue weighted by Crippen LogP contribution is 2.14. The molecule has 0 saturated heterocycles. The summed E-state index contributed by atoms with van der Waals surface area (Å²) in [5.41, 5.74) is 2.82. The normalized spacial score (nSPS) is 11.6. The number of nitrogens with zero attached hydrogens (tertiary/aromatic N) is 1. The molecular formula is C16H28N2O2. The minimum absolute atomic E-state index is 0.190. The minimum Gasteiger partial charge on any atom is -0.383 e. The Labute approximate surface area is 122 Å². The van der Waals surface area contributed by atoms with E-state index in [1.807, 2.05) is 19.9 Å². The van der Waals surface area contributed by atoms with Gasteiger partial charge in [0.15, 0.2) is 5.78 Å². The van der Waals surface area contributed by atoms with Crippen molar-refractivity contribution < 1.29 is 9.53 Å². The summed E-state index contributed by atoms with van der Waals surface area (Å²) in [4.78, 5) is 17.9. The molecule has 1 aromatic heterocycles. The van der Waals surface area contributed by atoms with Crippen LogP contribution in [-0.4, -0.2) is 48.5 Å². The van der Waals surface area contributed by atoms with Gasteiger partial charge in [-0.15, -0.1) is 0 Å². The number of aromatic amines is 1. The summed E-state index contributed by atoms with van der Waals surface area (Å²) < 4.78 is 5.17. The van der Waals surface area contributed by atoms with Crippen LogP contribution in [0.15, 0.2) is 6.07 Å². The highest BCUT2D eigenvalue weighted by Gasteiger charge is 2.20. The van der Waals surface area contributed by atoms with Gasteiger partial charge in [-0.25, -0.2) is 0 Å². The zero-order valence-electron chi connectivity index (χ0n) is 13.5. The van der Waals surface area contributed by atoms with Crippen molar-refractivity contribution in [1.29, 1.82) is 0 Å². The predicted molar refractivity (Wildman–Crippen MR) is 82.4 cm³/mol. The fraction of sp³-hybridized carbons (Fsp3) is 0.688. The van der Waals surface area contributed by atoms with Crippen LogP contribution in [0.5, 0.6) is 0 Å². The van der Waals surface area contributed by atoms with Crippen molar-refractivity contribution in [1.82, 2.24) is 9.88 Å². The van der Waals surface area contributed by atoms with E-state index in [1.54, 1.807) is 7.11 Å². The first-order valence-electron chi connectivity index (χ1n) is 7.45. The van der Waals surface area contributed by atoms with E-state index in [-0.39, 0.29) is 5.78 Å². The number of aryl methyl sites for hydroxylation is 2. The number of H-pyrrole nitrogens is 1. The van der Waals surface area contributed by atoms with Crippen molar-refractivity contribution in [2.45, 2.75) is 46.6 Å². The van der Waals surface area contributed by atoms with Crippen molar-refractivity contribution in [3.8, 4) is 0 Å². The predicted octanol–water partition coefficient (Wildman–Crippen LogP) is 2.95. The van der Waals surface area contributed by atoms with Gasteiger partial charge in [0.1, 0.15) is 0 Å². The molecule has 1 heterocycles. The maximum Gasteiger partial charge on any atom is 0.178 e. The molecule has 0 aromatic carbocycles. The summed E-state index contributed by atoms with van der Waals surface area (Å²) in [5.74, 6) is 0.190. The first-order chi connectivity index (χ1) is 9.53. The SMILES string of the molecule is CCC(CC)N(CCOC)CC(=O)c1cc(C)[nH]c1C. The molecule has 114 valence electrons. The van der Waals surface area contributed by atoms with E-state index in [9.17, 15) is 4.79 Å². The highest BCUT2D eigenvalue weighted by atomic mass is 16.5. The van der Waals surface area contributed by atoms with Crippen LogP contribution in [0.2, 0.25) is 0 Å². The van der Waals surface area contributed by atoms with E-state index in [0.29, 0.717) is 19.2 Å². The number of carbonyl (C=O) groups is 1. The first kappa shape index (κ1) is 16.9. The van der Waals surface area contributed by atoms with Crippen LogP contribution in [0.4, 0.5) is 0 Å². The zero-order valence-corrected chi connectivity index (χ0v) is 13.5. The van der Waals surface area contributed by atoms with Gasteiger partial charge in [-0.05, 0) is 32.8 Å². The van der Waals surface area contributed by atoms with Crippen molar-refractivity contribution in [2.75, 3.05) is 26.8 Å². The second-order valence-corrected chi connectivity index (χ2v) is 5.35. The Balaban J connectivity index is 2.77. The molecule has 0 atom stereocenters. The average Bonchev–Trinajstić information content (AvgIpc) is 2.76. The number of hydrogen-bond donors (Lipinski definition) is 1. The number of Topliss-reactive ketones (excluding diaryl/α,β-unsaturated/α-hetero) is 1. The molecule has 0 unspecified atom stereocenters. The number of ether oxygens (including phenoxy) is 1. The molecule has 0 fully saturated rings. The smallest absolute Gasteiger partial charge is 0.178 e. The molecule has 0 aliphatic heterocycles. The molecule has 0 spiro atoms. The minimum atomic E-state index is 0.190. The Bertz CT molecular complexity index is 422. The molecule has 20 heavy (non-hydrogen) atoms. The number of ketones is 1. The topological polar surface area (TPSA) is 45.3 Å². The van der Waals surface area contributed by atoms with E-state index < -0.39 is 0 Å². The van der Waals surface area contributed by atoms with E-state index in [1.165, 1.54) is 0 Å². The molecule has 0 radical (unpaired) electrons. The van der Waals surface area contributed by atoms with Gasteiger partial charge < -0.3 is 9.72 Å². The van der Waals surface area contributed by atoms with Gasteiger partial charge in [-0.3, -0.25) is 9.69 Å². The molecular weight excluding hydrogens is 252 g/mol. The van der Waals surface area contributed by atoms with E-state index in [4.69, 9.17) is 4.74 Å². The van der Waals surface area contributed by atoms with Gasteiger partial charge in [0.05, 0.1) is 13.2 Å². The van der Waals surface area contributed by atoms with Crippen LogP contribution in [0, 0.1) is 13.8 Å². The molecule has 0 aliphatic rings. The second-order valence-electron chi connectivity index (χ2n) is 5.35. The number of carbonyl (C=O) groups excluding carboxylic acids is 1. The van der Waals surface area contributed by atoms with Crippen molar-refractivity contribution in [3.05, 3.63) is 23.0 Å². The monoisotopic (exact) mass is 280 g/mol. The van der Waals surface area contributed by atoms with Crippen LogP contribution in [0.1, 0.15) is 48.4 Å². The van der Waals surface area contributed by atoms with Gasteiger partial charge in [-0.2, -0.15) is 0 Å². The zero-order chi connectivity index (χ0) is 15.1. The highest BCUT2D eigenvalue weighted by molar-refractivity contribution is 5.98. The number of hydrogen-bond acceptors (Lipinski definition) is 3. The standard InChI is InChI=1S/C16H28N2O2/c1-6-14(7-2)18(8-9-20-5)11-16(19)15-10-12(3)17-13(15)4/h10,14,17H,6-9,11H2,1-5H3. The van der Waals surface area contributed by atoms with Crippen LogP contribution in [0.3, 0.4) is 0 Å². The molecule has 1 rings (SSSR count). The lowest BCUT2D eigenvalue weighted by molar-refractivity contribution is 0.0811. The Hall–Kier alpha value is -1.13. The summed E-state index contributed by atoms with van der Waals surface area (Å²) in [7, 11) is 1.70. The summed E-state index contributed by atoms with van der Waals surface area (Å²) in [6.07, 6.45) is 2.11. The lowest BCUT2D eigenvalue weighted by Crippen LogP contribution is -2.40. The third kappa shape index (κ3) is 4.46. The van der Waals surface area contributed by atoms with Crippen LogP contribution in [-0.2, 0) is 4.74 Å². The van der Waals surface area contributed by atoms with Crippen LogP contribution in [0.25, 0.3) is 0 Å². The fourth-order valence-corrected chi connectivity index (χ4v) is 2.69. The molecule has 0 bridgehead atoms. The van der Waals surface area contributed by atoms with Gasteiger partial charge >= 0.3 is 0 Å². The second kappa shape index (κ2) is 8.22. The van der Waals surface area contributed by atoms with Crippen LogP contribution < -0.4 is 0 Å². The van der Waals surface area contributed by atoms with E-state index in [2.05, 4.69) is 23.7 Å². The lowest BCUT2D eigenvalue weighted by atomic mass is 10.1. The quantitative estimate of drug-likeness (QED) is 0.707. The maximum atomic E-state index is 12.5. The van der Waals surface area contributed by atoms with Gasteiger partial charge in [0.2, 0.25) is 0 Å². The first-order valence-corrected chi connectivity index (χ1v) is 7.45. The van der Waals surface area contributed by atoms with E-state index in [0.717, 1.165) is 36.3 Å². The molecule has 4 nitrogen and oxygen atoms in total. The number of methoxy groups -OCH3 is 1. The Kier molecular flexibility index (Phi) is 6.96. The summed E-state index contributed by atoms with van der Waals surface area (Å²) in [6.45, 7) is 10.2. The van der Waals surface area contributed by atoms with Crippen molar-refractivity contribution >= 4 is 5.78 Å². The summed E-state index contributed by atoms with van der Waals surface area (Å²) in [5, 5.41) is 0. The molecule has 0 amide bonds. The van der Waals surface area contributed by atoms with E-state index >= 15 is 0 Å². The number of rotatable bonds is 9. The van der Waals surface area contributed by atoms with Gasteiger partial charge in [0.25, 0.3) is 0 Å². The fourth-order valence-electron chi connectivity index (χ4n) is 2.69. The Morgan fingerprint density at radius 3 is 2.45 bits per heavy atom.